The average Bonchev–Trinajstić information content (AvgIpc) is 2.47. The first-order chi connectivity index (χ1) is 6.66. The van der Waals surface area contributed by atoms with Gasteiger partial charge in [-0.3, -0.25) is 0 Å². The predicted octanol–water partition coefficient (Wildman–Crippen LogP) is 1.09. The number of allylic oxidation sites excluding steroid dienone is 1. The molecule has 1 N–H and O–H groups in total. The lowest BCUT2D eigenvalue weighted by atomic mass is 9.87. The second kappa shape index (κ2) is 4.11. The van der Waals surface area contributed by atoms with Gasteiger partial charge in [-0.15, -0.1) is 0 Å². The lowest BCUT2D eigenvalue weighted by molar-refractivity contribution is -0.363. The molecule has 0 aromatic carbocycles. The van der Waals surface area contributed by atoms with Crippen molar-refractivity contribution >= 4 is 34.7 Å². The van der Waals surface area contributed by atoms with Gasteiger partial charge in [0.15, 0.2) is 0 Å². The Balaban J connectivity index is 2.14. The molecule has 2 aliphatic rings. The molecular formula is C10H14NOS2+. The number of nitrogens with one attached hydrogen (secondary N) is 1. The normalized spacial score (nSPS) is 28.3. The highest BCUT2D eigenvalue weighted by Gasteiger charge is 2.31. The maximum Gasteiger partial charge on any atom is 0.426 e. The van der Waals surface area contributed by atoms with E-state index < -0.39 is 0 Å². The first-order valence-electron chi connectivity index (χ1n) is 4.94. The van der Waals surface area contributed by atoms with Crippen molar-refractivity contribution in [2.45, 2.75) is 32.6 Å². The molecule has 0 bridgehead atoms. The number of carbonyl (C=O) groups is 1. The van der Waals surface area contributed by atoms with Gasteiger partial charge in [-0.25, -0.2) is 4.79 Å². The summed E-state index contributed by atoms with van der Waals surface area (Å²) in [6.45, 7) is 2.28. The standard InChI is InChI=1S/C10H13NOS2/c1-6-2-4-7(5-3-6)8-9(12)11-10(13)14-8/h6H,2-5H2,1H3,(H,11,12,13)/p+1. The van der Waals surface area contributed by atoms with E-state index in [1.165, 1.54) is 30.2 Å². The Labute approximate surface area is 93.7 Å². The third kappa shape index (κ3) is 2.06. The Bertz CT molecular complexity index is 323. The zero-order chi connectivity index (χ0) is 10.1. The Morgan fingerprint density at radius 1 is 1.43 bits per heavy atom. The highest BCUT2D eigenvalue weighted by Crippen LogP contribution is 2.34. The van der Waals surface area contributed by atoms with Crippen LogP contribution < -0.4 is 4.99 Å². The smallest absolute Gasteiger partial charge is 0.214 e. The molecule has 2 rings (SSSR count). The summed E-state index contributed by atoms with van der Waals surface area (Å²) in [5.74, 6) is 0.859. The van der Waals surface area contributed by atoms with Crippen molar-refractivity contribution in [3.63, 3.8) is 0 Å². The first kappa shape index (κ1) is 10.3. The molecule has 1 aliphatic carbocycles. The van der Waals surface area contributed by atoms with Crippen LogP contribution in [0, 0.1) is 5.92 Å². The highest BCUT2D eigenvalue weighted by molar-refractivity contribution is 8.34. The zero-order valence-corrected chi connectivity index (χ0v) is 9.88. The molecule has 0 radical (unpaired) electrons. The summed E-state index contributed by atoms with van der Waals surface area (Å²) in [5.41, 5.74) is 1.33. The van der Waals surface area contributed by atoms with Gasteiger partial charge in [-0.2, -0.15) is 4.99 Å². The molecule has 2 nitrogen and oxygen atoms in total. The monoisotopic (exact) mass is 228 g/mol. The number of thiol groups is 1. The van der Waals surface area contributed by atoms with Crippen LogP contribution in [-0.2, 0) is 4.79 Å². The summed E-state index contributed by atoms with van der Waals surface area (Å²) < 4.78 is 0.719. The minimum absolute atomic E-state index is 0.0459. The fourth-order valence-corrected chi connectivity index (χ4v) is 3.10. The quantitative estimate of drug-likeness (QED) is 0.480. The van der Waals surface area contributed by atoms with Crippen molar-refractivity contribution in [3.8, 4) is 0 Å². The molecule has 0 spiro atoms. The molecule has 14 heavy (non-hydrogen) atoms. The third-order valence-corrected chi connectivity index (χ3v) is 4.18. The van der Waals surface area contributed by atoms with E-state index in [0.717, 1.165) is 28.0 Å². The molecule has 0 atom stereocenters. The van der Waals surface area contributed by atoms with Gasteiger partial charge in [-0.05, 0) is 48.9 Å². The fourth-order valence-electron chi connectivity index (χ4n) is 1.89. The molecule has 1 fully saturated rings. The molecule has 0 saturated heterocycles. The number of rotatable bonds is 0. The fraction of sp³-hybridized carbons (Fsp3) is 0.600. The minimum Gasteiger partial charge on any atom is -0.214 e. The Morgan fingerprint density at radius 3 is 2.57 bits per heavy atom. The highest BCUT2D eigenvalue weighted by atomic mass is 32.2. The Hall–Kier alpha value is -0.220. The number of carbonyl (C=O) groups excluding carboxylic acids is 1. The van der Waals surface area contributed by atoms with Crippen molar-refractivity contribution in [1.29, 1.82) is 0 Å². The number of thioether (sulfide) groups is 1. The maximum absolute atomic E-state index is 11.5. The van der Waals surface area contributed by atoms with Crippen LogP contribution in [0.15, 0.2) is 10.5 Å². The van der Waals surface area contributed by atoms with E-state index >= 15 is 0 Å². The lowest BCUT2D eigenvalue weighted by Crippen LogP contribution is -2.72. The molecular weight excluding hydrogens is 214 g/mol. The predicted molar refractivity (Wildman–Crippen MR) is 62.2 cm³/mol. The van der Waals surface area contributed by atoms with Gasteiger partial charge in [-0.1, -0.05) is 19.6 Å². The summed E-state index contributed by atoms with van der Waals surface area (Å²) in [5, 5.41) is 0. The SMILES string of the molecule is CC1CCC(=C2SC(S)=[NH+]C2=O)CC1. The number of hydrogen-bond donors (Lipinski definition) is 2. The van der Waals surface area contributed by atoms with Gasteiger partial charge in [0.05, 0.1) is 0 Å². The van der Waals surface area contributed by atoms with Crippen LogP contribution in [-0.4, -0.2) is 10.3 Å². The molecule has 0 unspecified atom stereocenters. The molecule has 1 aliphatic heterocycles. The van der Waals surface area contributed by atoms with E-state index in [4.69, 9.17) is 0 Å². The largest absolute Gasteiger partial charge is 0.426 e. The summed E-state index contributed by atoms with van der Waals surface area (Å²) >= 11 is 5.64. The number of hydrogen-bond acceptors (Lipinski definition) is 2. The molecule has 0 aromatic rings. The van der Waals surface area contributed by atoms with Gasteiger partial charge in [0.1, 0.15) is 4.91 Å². The van der Waals surface area contributed by atoms with E-state index in [1.54, 1.807) is 0 Å². The maximum atomic E-state index is 11.5. The zero-order valence-electron chi connectivity index (χ0n) is 8.17. The van der Waals surface area contributed by atoms with E-state index in [-0.39, 0.29) is 5.91 Å². The van der Waals surface area contributed by atoms with Crippen molar-refractivity contribution in [1.82, 2.24) is 0 Å². The Morgan fingerprint density at radius 2 is 2.07 bits per heavy atom. The second-order valence-electron chi connectivity index (χ2n) is 3.98. The number of amides is 1. The average molecular weight is 228 g/mol. The van der Waals surface area contributed by atoms with Crippen LogP contribution in [0.1, 0.15) is 32.6 Å². The summed E-state index contributed by atoms with van der Waals surface area (Å²) in [7, 11) is 0. The third-order valence-electron chi connectivity index (χ3n) is 2.82. The van der Waals surface area contributed by atoms with Crippen LogP contribution in [0.25, 0.3) is 0 Å². The van der Waals surface area contributed by atoms with Crippen LogP contribution in [0.3, 0.4) is 0 Å². The van der Waals surface area contributed by atoms with Crippen molar-refractivity contribution < 1.29 is 9.79 Å². The van der Waals surface area contributed by atoms with Gasteiger partial charge >= 0.3 is 5.91 Å². The van der Waals surface area contributed by atoms with Crippen LogP contribution in [0.4, 0.5) is 0 Å². The van der Waals surface area contributed by atoms with Gasteiger partial charge in [0.25, 0.3) is 4.38 Å². The lowest BCUT2D eigenvalue weighted by Gasteiger charge is -2.20. The van der Waals surface area contributed by atoms with Crippen LogP contribution in [0.5, 0.6) is 0 Å². The molecule has 4 heteroatoms. The van der Waals surface area contributed by atoms with Crippen LogP contribution in [0.2, 0.25) is 0 Å². The summed E-state index contributed by atoms with van der Waals surface area (Å²) in [6.07, 6.45) is 4.60. The topological polar surface area (TPSA) is 31.0 Å². The minimum atomic E-state index is 0.0459. The van der Waals surface area contributed by atoms with Crippen molar-refractivity contribution in [2.75, 3.05) is 0 Å². The molecule has 1 amide bonds. The second-order valence-corrected chi connectivity index (χ2v) is 5.75. The first-order valence-corrected chi connectivity index (χ1v) is 6.20. The summed E-state index contributed by atoms with van der Waals surface area (Å²) in [4.78, 5) is 15.1. The van der Waals surface area contributed by atoms with E-state index in [0.29, 0.717) is 0 Å². The van der Waals surface area contributed by atoms with E-state index in [9.17, 15) is 4.79 Å². The van der Waals surface area contributed by atoms with E-state index in [1.807, 2.05) is 0 Å². The van der Waals surface area contributed by atoms with Gasteiger partial charge in [0.2, 0.25) is 0 Å². The van der Waals surface area contributed by atoms with E-state index in [2.05, 4.69) is 24.5 Å². The Kier molecular flexibility index (Phi) is 3.02. The molecule has 1 heterocycles. The van der Waals surface area contributed by atoms with Crippen LogP contribution >= 0.6 is 24.4 Å². The summed E-state index contributed by atoms with van der Waals surface area (Å²) in [6, 6.07) is 0. The molecule has 76 valence electrons. The van der Waals surface area contributed by atoms with Gasteiger partial charge < -0.3 is 0 Å². The van der Waals surface area contributed by atoms with Crippen molar-refractivity contribution in [3.05, 3.63) is 10.5 Å². The molecule has 1 saturated carbocycles. The van der Waals surface area contributed by atoms with Crippen molar-refractivity contribution in [2.24, 2.45) is 5.92 Å². The van der Waals surface area contributed by atoms with Gasteiger partial charge in [0, 0.05) is 0 Å². The molecule has 0 aromatic heterocycles.